The molecule has 2 aromatic rings. The minimum atomic E-state index is 0.148. The second-order valence-corrected chi connectivity index (χ2v) is 6.02. The average Bonchev–Trinajstić information content (AvgIpc) is 2.69. The second kappa shape index (κ2) is 8.47. The highest BCUT2D eigenvalue weighted by Crippen LogP contribution is 2.28. The third-order valence-corrected chi connectivity index (χ3v) is 4.34. The van der Waals surface area contributed by atoms with Gasteiger partial charge in [-0.15, -0.1) is 0 Å². The fraction of sp³-hybridized carbons (Fsp3) is 0.350. The van der Waals surface area contributed by atoms with Crippen molar-refractivity contribution in [3.05, 3.63) is 48.0 Å². The van der Waals surface area contributed by atoms with Gasteiger partial charge in [-0.1, -0.05) is 12.1 Å². The van der Waals surface area contributed by atoms with Crippen LogP contribution in [0.1, 0.15) is 12.5 Å². The van der Waals surface area contributed by atoms with E-state index in [1.165, 1.54) is 0 Å². The summed E-state index contributed by atoms with van der Waals surface area (Å²) < 4.78 is 10.9. The number of aromatic hydroxyl groups is 1. The van der Waals surface area contributed by atoms with E-state index in [1.807, 2.05) is 31.2 Å². The van der Waals surface area contributed by atoms with Crippen molar-refractivity contribution in [2.24, 2.45) is 5.10 Å². The Balaban J connectivity index is 1.60. The number of methoxy groups -OCH3 is 1. The summed E-state index contributed by atoms with van der Waals surface area (Å²) in [7, 11) is 1.70. The molecule has 2 aromatic carbocycles. The number of rotatable bonds is 6. The monoisotopic (exact) mass is 355 g/mol. The minimum absolute atomic E-state index is 0.148. The lowest BCUT2D eigenvalue weighted by Crippen LogP contribution is -2.44. The van der Waals surface area contributed by atoms with Crippen LogP contribution < -0.4 is 14.4 Å². The first-order valence-electron chi connectivity index (χ1n) is 8.84. The number of hydrogen-bond acceptors (Lipinski definition) is 6. The van der Waals surface area contributed by atoms with Gasteiger partial charge in [0.15, 0.2) is 11.5 Å². The molecule has 6 nitrogen and oxygen atoms in total. The van der Waals surface area contributed by atoms with Crippen LogP contribution in [0, 0.1) is 0 Å². The number of phenolic OH excluding ortho intramolecular Hbond substituents is 1. The fourth-order valence-corrected chi connectivity index (χ4v) is 2.97. The standard InChI is InChI=1S/C20H25N3O3/c1-3-26-20-14-16(8-9-18(20)24)15-21-23-12-10-22(11-13-23)17-6-4-5-7-19(17)25-2/h4-9,14-15,24H,3,10-13H2,1-2H3/b21-15-. The Labute approximate surface area is 154 Å². The van der Waals surface area contributed by atoms with Gasteiger partial charge in [0, 0.05) is 13.1 Å². The molecule has 0 aromatic heterocycles. The van der Waals surface area contributed by atoms with Crippen molar-refractivity contribution in [2.75, 3.05) is 44.8 Å². The Kier molecular flexibility index (Phi) is 5.84. The topological polar surface area (TPSA) is 57.5 Å². The molecule has 0 amide bonds. The maximum Gasteiger partial charge on any atom is 0.161 e. The maximum atomic E-state index is 9.77. The average molecular weight is 355 g/mol. The van der Waals surface area contributed by atoms with Crippen LogP contribution >= 0.6 is 0 Å². The second-order valence-electron chi connectivity index (χ2n) is 6.02. The van der Waals surface area contributed by atoms with Gasteiger partial charge in [0.2, 0.25) is 0 Å². The van der Waals surface area contributed by atoms with Crippen LogP contribution in [0.2, 0.25) is 0 Å². The molecule has 0 atom stereocenters. The molecule has 1 fully saturated rings. The first kappa shape index (κ1) is 17.9. The van der Waals surface area contributed by atoms with E-state index < -0.39 is 0 Å². The summed E-state index contributed by atoms with van der Waals surface area (Å²) >= 11 is 0. The number of hydrazone groups is 1. The molecule has 0 spiro atoms. The maximum absolute atomic E-state index is 9.77. The minimum Gasteiger partial charge on any atom is -0.504 e. The van der Waals surface area contributed by atoms with Crippen molar-refractivity contribution in [1.29, 1.82) is 0 Å². The molecule has 138 valence electrons. The molecule has 6 heteroatoms. The zero-order valence-electron chi connectivity index (χ0n) is 15.3. The molecule has 26 heavy (non-hydrogen) atoms. The smallest absolute Gasteiger partial charge is 0.161 e. The van der Waals surface area contributed by atoms with Gasteiger partial charge in [-0.25, -0.2) is 0 Å². The van der Waals surface area contributed by atoms with Crippen LogP contribution in [-0.2, 0) is 0 Å². The molecular weight excluding hydrogens is 330 g/mol. The Hall–Kier alpha value is -2.89. The third kappa shape index (κ3) is 4.20. The molecule has 1 saturated heterocycles. The predicted octanol–water partition coefficient (Wildman–Crippen LogP) is 2.96. The number of ether oxygens (including phenoxy) is 2. The molecule has 3 rings (SSSR count). The SMILES string of the molecule is CCOc1cc(/C=N\N2CCN(c3ccccc3OC)CC2)ccc1O. The van der Waals surface area contributed by atoms with E-state index in [1.54, 1.807) is 25.5 Å². The van der Waals surface area contributed by atoms with E-state index in [2.05, 4.69) is 21.1 Å². The predicted molar refractivity (Wildman–Crippen MR) is 104 cm³/mol. The lowest BCUT2D eigenvalue weighted by Gasteiger charge is -2.35. The number of nitrogens with zero attached hydrogens (tertiary/aromatic N) is 3. The first-order valence-corrected chi connectivity index (χ1v) is 8.84. The highest BCUT2D eigenvalue weighted by atomic mass is 16.5. The fourth-order valence-electron chi connectivity index (χ4n) is 2.97. The van der Waals surface area contributed by atoms with E-state index in [9.17, 15) is 5.11 Å². The van der Waals surface area contributed by atoms with Crippen molar-refractivity contribution in [3.8, 4) is 17.2 Å². The molecule has 0 aliphatic carbocycles. The van der Waals surface area contributed by atoms with Gasteiger partial charge >= 0.3 is 0 Å². The Morgan fingerprint density at radius 2 is 1.85 bits per heavy atom. The van der Waals surface area contributed by atoms with Crippen LogP contribution in [0.25, 0.3) is 0 Å². The summed E-state index contributed by atoms with van der Waals surface area (Å²) in [4.78, 5) is 2.32. The molecule has 0 radical (unpaired) electrons. The van der Waals surface area contributed by atoms with E-state index in [0.717, 1.165) is 43.2 Å². The molecular formula is C20H25N3O3. The molecule has 1 aliphatic rings. The van der Waals surface area contributed by atoms with Gasteiger partial charge in [0.25, 0.3) is 0 Å². The van der Waals surface area contributed by atoms with Crippen LogP contribution in [0.15, 0.2) is 47.6 Å². The van der Waals surface area contributed by atoms with E-state index in [-0.39, 0.29) is 5.75 Å². The number of piperazine rings is 1. The van der Waals surface area contributed by atoms with Crippen molar-refractivity contribution in [1.82, 2.24) is 5.01 Å². The van der Waals surface area contributed by atoms with Gasteiger partial charge in [-0.05, 0) is 42.8 Å². The van der Waals surface area contributed by atoms with Crippen LogP contribution in [0.4, 0.5) is 5.69 Å². The number of benzene rings is 2. The third-order valence-electron chi connectivity index (χ3n) is 4.34. The molecule has 0 bridgehead atoms. The van der Waals surface area contributed by atoms with Crippen LogP contribution in [-0.4, -0.2) is 56.2 Å². The van der Waals surface area contributed by atoms with Gasteiger partial charge in [0.05, 0.1) is 38.7 Å². The van der Waals surface area contributed by atoms with E-state index in [4.69, 9.17) is 9.47 Å². The summed E-state index contributed by atoms with van der Waals surface area (Å²) in [5.74, 6) is 1.53. The summed E-state index contributed by atoms with van der Waals surface area (Å²) in [6, 6.07) is 13.3. The zero-order valence-corrected chi connectivity index (χ0v) is 15.3. The number of hydrogen-bond donors (Lipinski definition) is 1. The van der Waals surface area contributed by atoms with Gasteiger partial charge in [0.1, 0.15) is 5.75 Å². The van der Waals surface area contributed by atoms with Crippen LogP contribution in [0.5, 0.6) is 17.2 Å². The molecule has 0 saturated carbocycles. The van der Waals surface area contributed by atoms with E-state index in [0.29, 0.717) is 12.4 Å². The van der Waals surface area contributed by atoms with Crippen molar-refractivity contribution < 1.29 is 14.6 Å². The summed E-state index contributed by atoms with van der Waals surface area (Å²) in [5.41, 5.74) is 2.02. The highest BCUT2D eigenvalue weighted by Gasteiger charge is 2.18. The Morgan fingerprint density at radius 1 is 1.08 bits per heavy atom. The number of phenols is 1. The first-order chi connectivity index (χ1) is 12.7. The van der Waals surface area contributed by atoms with Gasteiger partial charge in [-0.3, -0.25) is 5.01 Å². The largest absolute Gasteiger partial charge is 0.504 e. The summed E-state index contributed by atoms with van der Waals surface area (Å²) in [6.45, 7) is 5.85. The molecule has 0 unspecified atom stereocenters. The summed E-state index contributed by atoms with van der Waals surface area (Å²) in [5, 5.41) is 16.4. The van der Waals surface area contributed by atoms with E-state index >= 15 is 0 Å². The lowest BCUT2D eigenvalue weighted by atomic mass is 10.2. The molecule has 1 heterocycles. The quantitative estimate of drug-likeness (QED) is 0.808. The molecule has 1 aliphatic heterocycles. The van der Waals surface area contributed by atoms with Gasteiger partial charge in [-0.2, -0.15) is 5.10 Å². The Morgan fingerprint density at radius 3 is 2.58 bits per heavy atom. The van der Waals surface area contributed by atoms with Crippen molar-refractivity contribution in [2.45, 2.75) is 6.92 Å². The number of anilines is 1. The molecule has 1 N–H and O–H groups in total. The highest BCUT2D eigenvalue weighted by molar-refractivity contribution is 5.80. The van der Waals surface area contributed by atoms with Crippen molar-refractivity contribution >= 4 is 11.9 Å². The Bertz CT molecular complexity index is 756. The van der Waals surface area contributed by atoms with Gasteiger partial charge < -0.3 is 19.5 Å². The zero-order chi connectivity index (χ0) is 18.4. The lowest BCUT2D eigenvalue weighted by molar-refractivity contribution is 0.271. The van der Waals surface area contributed by atoms with Crippen LogP contribution in [0.3, 0.4) is 0 Å². The summed E-state index contributed by atoms with van der Waals surface area (Å²) in [6.07, 6.45) is 1.81. The van der Waals surface area contributed by atoms with Crippen molar-refractivity contribution in [3.63, 3.8) is 0 Å². The normalized spacial score (nSPS) is 14.7. The number of para-hydroxylation sites is 2.